The Hall–Kier alpha value is -1.60. The van der Waals surface area contributed by atoms with Gasteiger partial charge in [0, 0.05) is 13.0 Å². The standard InChI is InChI=1S/C6H14O.C4H6O.HNO3.3H2O/c1-2-3-4-5-6-7;1-2-3-4-5;2-1(3)4;;;/h7H,2-6H2,1H3;5H,2H2,1H3;(H,2,3,4);3*1H2. The van der Waals surface area contributed by atoms with Gasteiger partial charge in [0.1, 0.15) is 6.11 Å². The van der Waals surface area contributed by atoms with Crippen molar-refractivity contribution in [2.45, 2.75) is 46.0 Å². The lowest BCUT2D eigenvalue weighted by Crippen LogP contribution is -1.81. The van der Waals surface area contributed by atoms with E-state index in [2.05, 4.69) is 12.8 Å². The van der Waals surface area contributed by atoms with Gasteiger partial charge in [-0.3, -0.25) is 0 Å². The van der Waals surface area contributed by atoms with Gasteiger partial charge in [-0.2, -0.15) is 0 Å². The van der Waals surface area contributed by atoms with Crippen molar-refractivity contribution in [2.24, 2.45) is 0 Å². The van der Waals surface area contributed by atoms with E-state index in [9.17, 15) is 0 Å². The minimum Gasteiger partial charge on any atom is -0.462 e. The van der Waals surface area contributed by atoms with Crippen molar-refractivity contribution < 1.29 is 36.9 Å². The van der Waals surface area contributed by atoms with Gasteiger partial charge in [0.2, 0.25) is 0 Å². The summed E-state index contributed by atoms with van der Waals surface area (Å²) in [6.07, 6.45) is 7.18. The Morgan fingerprint density at radius 1 is 1.11 bits per heavy atom. The Morgan fingerprint density at radius 3 is 1.68 bits per heavy atom. The van der Waals surface area contributed by atoms with Crippen LogP contribution in [0.2, 0.25) is 0 Å². The molecular weight excluding hydrogens is 262 g/mol. The minimum absolute atomic E-state index is 0. The average Bonchev–Trinajstić information content (AvgIpc) is 2.20. The SMILES string of the molecule is CCC#CO.CCCCCCO.O.O.O.O=[N+]([O-])O. The molecule has 0 saturated carbocycles. The first-order valence-electron chi connectivity index (χ1n) is 5.12. The van der Waals surface area contributed by atoms with E-state index < -0.39 is 5.09 Å². The first-order chi connectivity index (χ1) is 7.56. The molecule has 0 unspecified atom stereocenters. The molecule has 9 N–H and O–H groups in total. The summed E-state index contributed by atoms with van der Waals surface area (Å²) in [6.45, 7) is 4.40. The Kier molecular flexibility index (Phi) is 83.4. The van der Waals surface area contributed by atoms with Gasteiger partial charge in [-0.25, -0.2) is 0 Å². The molecule has 0 bridgehead atoms. The number of hydrogen-bond acceptors (Lipinski definition) is 4. The highest BCUT2D eigenvalue weighted by Gasteiger charge is 1.80. The first kappa shape index (κ1) is 36.0. The summed E-state index contributed by atoms with van der Waals surface area (Å²) in [4.78, 5) is 8.36. The normalized spacial score (nSPS) is 6.05. The Morgan fingerprint density at radius 2 is 1.53 bits per heavy atom. The first-order valence-corrected chi connectivity index (χ1v) is 5.12. The third-order valence-corrected chi connectivity index (χ3v) is 1.27. The average molecular weight is 289 g/mol. The van der Waals surface area contributed by atoms with Crippen LogP contribution in [0.5, 0.6) is 0 Å². The van der Waals surface area contributed by atoms with Gasteiger partial charge in [0.25, 0.3) is 5.09 Å². The zero-order valence-corrected chi connectivity index (χ0v) is 11.3. The molecule has 0 aromatic rings. The Bertz CT molecular complexity index is 182. The molecule has 0 atom stereocenters. The van der Waals surface area contributed by atoms with Gasteiger partial charge >= 0.3 is 0 Å². The monoisotopic (exact) mass is 289 g/mol. The van der Waals surface area contributed by atoms with E-state index in [-0.39, 0.29) is 16.4 Å². The maximum atomic E-state index is 8.36. The van der Waals surface area contributed by atoms with Gasteiger partial charge in [-0.1, -0.05) is 39.0 Å². The predicted octanol–water partition coefficient (Wildman–Crippen LogP) is -0.533. The van der Waals surface area contributed by atoms with E-state index in [4.69, 9.17) is 25.5 Å². The van der Waals surface area contributed by atoms with Crippen LogP contribution in [0.1, 0.15) is 46.0 Å². The smallest absolute Gasteiger partial charge is 0.291 e. The molecule has 9 heteroatoms. The number of aliphatic hydroxyl groups excluding tert-OH is 2. The second kappa shape index (κ2) is 44.0. The lowest BCUT2D eigenvalue weighted by atomic mass is 10.2. The van der Waals surface area contributed by atoms with Crippen LogP contribution in [-0.2, 0) is 0 Å². The molecular formula is C10H27NO8. The van der Waals surface area contributed by atoms with Crippen LogP contribution in [0.3, 0.4) is 0 Å². The third kappa shape index (κ3) is 176. The van der Waals surface area contributed by atoms with Gasteiger partial charge in [-0.15, -0.1) is 10.1 Å². The summed E-state index contributed by atoms with van der Waals surface area (Å²) in [5.41, 5.74) is 0. The Balaban J connectivity index is -0.0000000320. The van der Waals surface area contributed by atoms with E-state index in [0.717, 1.165) is 12.8 Å². The number of hydrogen-bond donors (Lipinski definition) is 3. The van der Waals surface area contributed by atoms with Crippen LogP contribution in [-0.4, -0.2) is 43.5 Å². The molecule has 120 valence electrons. The van der Waals surface area contributed by atoms with Crippen LogP contribution in [0.15, 0.2) is 0 Å². The van der Waals surface area contributed by atoms with Crippen molar-refractivity contribution in [3.63, 3.8) is 0 Å². The van der Waals surface area contributed by atoms with Crippen molar-refractivity contribution in [1.29, 1.82) is 0 Å². The van der Waals surface area contributed by atoms with Crippen molar-refractivity contribution in [1.82, 2.24) is 0 Å². The molecule has 9 nitrogen and oxygen atoms in total. The summed E-state index contributed by atoms with van der Waals surface area (Å²) in [6, 6.07) is 0. The molecule has 0 aliphatic rings. The minimum atomic E-state index is -1.50. The zero-order chi connectivity index (χ0) is 13.2. The molecule has 0 heterocycles. The van der Waals surface area contributed by atoms with Crippen LogP contribution in [0, 0.1) is 22.1 Å². The molecule has 19 heavy (non-hydrogen) atoms. The summed E-state index contributed by atoms with van der Waals surface area (Å²) in [7, 11) is 0. The summed E-state index contributed by atoms with van der Waals surface area (Å²) >= 11 is 0. The summed E-state index contributed by atoms with van der Waals surface area (Å²) < 4.78 is 0. The lowest BCUT2D eigenvalue weighted by Gasteiger charge is -1.90. The maximum absolute atomic E-state index is 8.36. The number of rotatable bonds is 4. The quantitative estimate of drug-likeness (QED) is 0.269. The molecule has 0 fully saturated rings. The van der Waals surface area contributed by atoms with Crippen molar-refractivity contribution >= 4 is 0 Å². The third-order valence-electron chi connectivity index (χ3n) is 1.27. The van der Waals surface area contributed by atoms with Crippen molar-refractivity contribution in [3.8, 4) is 12.0 Å². The van der Waals surface area contributed by atoms with Crippen LogP contribution in [0.4, 0.5) is 0 Å². The molecule has 0 rings (SSSR count). The van der Waals surface area contributed by atoms with Gasteiger partial charge in [-0.05, 0) is 6.42 Å². The molecule has 0 aliphatic heterocycles. The highest BCUT2D eigenvalue weighted by Crippen LogP contribution is 1.96. The van der Waals surface area contributed by atoms with Crippen molar-refractivity contribution in [2.75, 3.05) is 6.61 Å². The predicted molar refractivity (Wildman–Crippen MR) is 70.9 cm³/mol. The fourth-order valence-electron chi connectivity index (χ4n) is 0.618. The van der Waals surface area contributed by atoms with Gasteiger partial charge < -0.3 is 31.8 Å². The van der Waals surface area contributed by atoms with Gasteiger partial charge in [0.15, 0.2) is 0 Å². The molecule has 0 amide bonds. The topological polar surface area (TPSA) is 198 Å². The molecule has 0 saturated heterocycles. The van der Waals surface area contributed by atoms with E-state index in [1.807, 2.05) is 6.92 Å². The molecule has 0 aromatic carbocycles. The molecule has 0 aliphatic carbocycles. The number of aliphatic hydroxyl groups is 2. The molecule has 0 aromatic heterocycles. The highest BCUT2D eigenvalue weighted by atomic mass is 16.9. The van der Waals surface area contributed by atoms with E-state index in [1.165, 1.54) is 19.3 Å². The molecule has 0 radical (unpaired) electrons. The molecule has 0 spiro atoms. The van der Waals surface area contributed by atoms with Gasteiger partial charge in [0.05, 0.1) is 0 Å². The van der Waals surface area contributed by atoms with E-state index >= 15 is 0 Å². The van der Waals surface area contributed by atoms with E-state index in [1.54, 1.807) is 6.11 Å². The number of unbranched alkanes of at least 4 members (excludes halogenated alkanes) is 3. The largest absolute Gasteiger partial charge is 0.462 e. The van der Waals surface area contributed by atoms with E-state index in [0.29, 0.717) is 6.61 Å². The second-order valence-electron chi connectivity index (χ2n) is 2.66. The zero-order valence-electron chi connectivity index (χ0n) is 11.3. The Labute approximate surface area is 112 Å². The van der Waals surface area contributed by atoms with Crippen LogP contribution >= 0.6 is 0 Å². The van der Waals surface area contributed by atoms with Crippen molar-refractivity contribution in [3.05, 3.63) is 10.1 Å². The van der Waals surface area contributed by atoms with Crippen LogP contribution in [0.25, 0.3) is 0 Å². The number of nitrogens with zero attached hydrogens (tertiary/aromatic N) is 1. The summed E-state index contributed by atoms with van der Waals surface area (Å²) in [5.74, 6) is 2.42. The lowest BCUT2D eigenvalue weighted by molar-refractivity contribution is -0.742. The second-order valence-corrected chi connectivity index (χ2v) is 2.66. The fourth-order valence-corrected chi connectivity index (χ4v) is 0.618. The highest BCUT2D eigenvalue weighted by molar-refractivity contribution is 4.86. The van der Waals surface area contributed by atoms with Crippen LogP contribution < -0.4 is 0 Å². The fraction of sp³-hybridized carbons (Fsp3) is 0.800. The maximum Gasteiger partial charge on any atom is 0.291 e. The summed E-state index contributed by atoms with van der Waals surface area (Å²) in [5, 5.41) is 29.6.